The minimum atomic E-state index is 0.173. The van der Waals surface area contributed by atoms with Crippen LogP contribution in [0.1, 0.15) is 45.4 Å². The zero-order valence-electron chi connectivity index (χ0n) is 8.71. The molecular formula is C12H22O. The number of unbranched alkanes of at least 4 members (excludes halogenated alkanes) is 4. The van der Waals surface area contributed by atoms with E-state index in [1.807, 2.05) is 6.08 Å². The van der Waals surface area contributed by atoms with Gasteiger partial charge in [-0.15, -0.1) is 0 Å². The second-order valence-corrected chi connectivity index (χ2v) is 3.20. The molecule has 1 heteroatoms. The molecule has 1 nitrogen and oxygen atoms in total. The van der Waals surface area contributed by atoms with E-state index >= 15 is 0 Å². The Labute approximate surface area is 82.2 Å². The molecule has 0 rings (SSSR count). The predicted octanol–water partition coefficient (Wildman–Crippen LogP) is 3.45. The molecule has 0 saturated heterocycles. The van der Waals surface area contributed by atoms with Crippen LogP contribution in [0.25, 0.3) is 0 Å². The first-order valence-corrected chi connectivity index (χ1v) is 5.32. The summed E-state index contributed by atoms with van der Waals surface area (Å²) in [4.78, 5) is 0. The van der Waals surface area contributed by atoms with E-state index in [2.05, 4.69) is 19.1 Å². The van der Waals surface area contributed by atoms with Crippen LogP contribution < -0.4 is 0 Å². The molecule has 0 aromatic carbocycles. The van der Waals surface area contributed by atoms with E-state index in [0.29, 0.717) is 0 Å². The summed E-state index contributed by atoms with van der Waals surface area (Å²) in [7, 11) is 0. The van der Waals surface area contributed by atoms with Crippen molar-refractivity contribution in [1.82, 2.24) is 0 Å². The third-order valence-electron chi connectivity index (χ3n) is 1.90. The molecular weight excluding hydrogens is 160 g/mol. The maximum Gasteiger partial charge on any atom is 0.0612 e. The third-order valence-corrected chi connectivity index (χ3v) is 1.90. The quantitative estimate of drug-likeness (QED) is 0.450. The van der Waals surface area contributed by atoms with Gasteiger partial charge in [0, 0.05) is 0 Å². The Bertz CT molecular complexity index is 136. The average Bonchev–Trinajstić information content (AvgIpc) is 2.16. The van der Waals surface area contributed by atoms with E-state index < -0.39 is 0 Å². The number of aliphatic hydroxyl groups is 1. The Balaban J connectivity index is 3.06. The summed E-state index contributed by atoms with van der Waals surface area (Å²) in [6.45, 7) is 2.39. The van der Waals surface area contributed by atoms with Crippen LogP contribution in [0.4, 0.5) is 0 Å². The standard InChI is InChI=1S/C12H22O/c1-2-3-4-5-6-7-8-9-10-11-12-13/h5-6,10-11,13H,2-4,7-9,12H2,1H3/b6-5+,11-10+. The molecule has 0 bridgehead atoms. The lowest BCUT2D eigenvalue weighted by atomic mass is 10.2. The maximum atomic E-state index is 8.47. The Morgan fingerprint density at radius 2 is 1.38 bits per heavy atom. The first-order valence-electron chi connectivity index (χ1n) is 5.32. The Morgan fingerprint density at radius 1 is 0.846 bits per heavy atom. The zero-order chi connectivity index (χ0) is 9.78. The minimum Gasteiger partial charge on any atom is -0.392 e. The lowest BCUT2D eigenvalue weighted by Crippen LogP contribution is -1.73. The van der Waals surface area contributed by atoms with Crippen LogP contribution in [0.5, 0.6) is 0 Å². The van der Waals surface area contributed by atoms with Gasteiger partial charge in [0.05, 0.1) is 6.61 Å². The Morgan fingerprint density at radius 3 is 1.92 bits per heavy atom. The summed E-state index contributed by atoms with van der Waals surface area (Å²) in [6, 6.07) is 0. The van der Waals surface area contributed by atoms with E-state index in [1.54, 1.807) is 6.08 Å². The lowest BCUT2D eigenvalue weighted by Gasteiger charge is -1.91. The number of aliphatic hydroxyl groups excluding tert-OH is 1. The monoisotopic (exact) mass is 182 g/mol. The fourth-order valence-electron chi connectivity index (χ4n) is 1.10. The van der Waals surface area contributed by atoms with Crippen molar-refractivity contribution in [1.29, 1.82) is 0 Å². The van der Waals surface area contributed by atoms with Gasteiger partial charge in [-0.3, -0.25) is 0 Å². The molecule has 0 unspecified atom stereocenters. The van der Waals surface area contributed by atoms with Crippen LogP contribution in [-0.2, 0) is 0 Å². The minimum absolute atomic E-state index is 0.173. The molecule has 76 valence electrons. The summed E-state index contributed by atoms with van der Waals surface area (Å²) >= 11 is 0. The van der Waals surface area contributed by atoms with Crippen molar-refractivity contribution in [3.63, 3.8) is 0 Å². The van der Waals surface area contributed by atoms with Gasteiger partial charge in [0.2, 0.25) is 0 Å². The molecule has 0 radical (unpaired) electrons. The van der Waals surface area contributed by atoms with Crippen LogP contribution in [-0.4, -0.2) is 11.7 Å². The first kappa shape index (κ1) is 12.4. The SMILES string of the molecule is CCCC/C=C/CCC/C=C/CO. The highest BCUT2D eigenvalue weighted by Gasteiger charge is 1.81. The number of rotatable bonds is 8. The average molecular weight is 182 g/mol. The van der Waals surface area contributed by atoms with E-state index in [0.717, 1.165) is 6.42 Å². The van der Waals surface area contributed by atoms with Crippen LogP contribution >= 0.6 is 0 Å². The molecule has 0 saturated carbocycles. The van der Waals surface area contributed by atoms with Crippen LogP contribution in [0.15, 0.2) is 24.3 Å². The molecule has 13 heavy (non-hydrogen) atoms. The van der Waals surface area contributed by atoms with Crippen molar-refractivity contribution in [3.8, 4) is 0 Å². The van der Waals surface area contributed by atoms with E-state index in [4.69, 9.17) is 5.11 Å². The van der Waals surface area contributed by atoms with E-state index in [9.17, 15) is 0 Å². The fraction of sp³-hybridized carbons (Fsp3) is 0.667. The van der Waals surface area contributed by atoms with Crippen molar-refractivity contribution < 1.29 is 5.11 Å². The zero-order valence-corrected chi connectivity index (χ0v) is 8.71. The summed E-state index contributed by atoms with van der Waals surface area (Å²) in [5.74, 6) is 0. The predicted molar refractivity (Wildman–Crippen MR) is 58.7 cm³/mol. The molecule has 0 fully saturated rings. The topological polar surface area (TPSA) is 20.2 Å². The van der Waals surface area contributed by atoms with Gasteiger partial charge in [0.15, 0.2) is 0 Å². The van der Waals surface area contributed by atoms with Crippen molar-refractivity contribution in [2.24, 2.45) is 0 Å². The highest BCUT2D eigenvalue weighted by Crippen LogP contribution is 2.00. The molecule has 0 aliphatic heterocycles. The van der Waals surface area contributed by atoms with Gasteiger partial charge in [-0.25, -0.2) is 0 Å². The van der Waals surface area contributed by atoms with Gasteiger partial charge in [-0.1, -0.05) is 44.1 Å². The van der Waals surface area contributed by atoms with Gasteiger partial charge in [-0.2, -0.15) is 0 Å². The van der Waals surface area contributed by atoms with Gasteiger partial charge in [0.1, 0.15) is 0 Å². The molecule has 0 aromatic rings. The van der Waals surface area contributed by atoms with Crippen molar-refractivity contribution in [3.05, 3.63) is 24.3 Å². The number of hydrogen-bond donors (Lipinski definition) is 1. The largest absolute Gasteiger partial charge is 0.392 e. The lowest BCUT2D eigenvalue weighted by molar-refractivity contribution is 0.342. The first-order chi connectivity index (χ1) is 6.41. The summed E-state index contributed by atoms with van der Waals surface area (Å²) in [5, 5.41) is 8.47. The smallest absolute Gasteiger partial charge is 0.0612 e. The molecule has 0 heterocycles. The summed E-state index contributed by atoms with van der Waals surface area (Å²) in [5.41, 5.74) is 0. The normalized spacial score (nSPS) is 11.8. The van der Waals surface area contributed by atoms with E-state index in [-0.39, 0.29) is 6.61 Å². The highest BCUT2D eigenvalue weighted by molar-refractivity contribution is 4.84. The molecule has 0 amide bonds. The second-order valence-electron chi connectivity index (χ2n) is 3.20. The fourth-order valence-corrected chi connectivity index (χ4v) is 1.10. The van der Waals surface area contributed by atoms with Gasteiger partial charge in [-0.05, 0) is 25.7 Å². The Hall–Kier alpha value is -0.560. The van der Waals surface area contributed by atoms with Gasteiger partial charge < -0.3 is 5.11 Å². The van der Waals surface area contributed by atoms with Crippen LogP contribution in [0.3, 0.4) is 0 Å². The van der Waals surface area contributed by atoms with E-state index in [1.165, 1.54) is 32.1 Å². The highest BCUT2D eigenvalue weighted by atomic mass is 16.2. The molecule has 0 spiro atoms. The van der Waals surface area contributed by atoms with Crippen LogP contribution in [0.2, 0.25) is 0 Å². The number of hydrogen-bond acceptors (Lipinski definition) is 1. The third kappa shape index (κ3) is 11.4. The molecule has 1 N–H and O–H groups in total. The summed E-state index contributed by atoms with van der Waals surface area (Å²) in [6.07, 6.45) is 15.6. The summed E-state index contributed by atoms with van der Waals surface area (Å²) < 4.78 is 0. The van der Waals surface area contributed by atoms with Crippen LogP contribution in [0, 0.1) is 0 Å². The maximum absolute atomic E-state index is 8.47. The van der Waals surface area contributed by atoms with Gasteiger partial charge in [0.25, 0.3) is 0 Å². The molecule has 0 aliphatic carbocycles. The molecule has 0 atom stereocenters. The second kappa shape index (κ2) is 11.4. The van der Waals surface area contributed by atoms with Crippen molar-refractivity contribution >= 4 is 0 Å². The Kier molecular flexibility index (Phi) is 10.9. The van der Waals surface area contributed by atoms with Gasteiger partial charge >= 0.3 is 0 Å². The molecule has 0 aromatic heterocycles. The van der Waals surface area contributed by atoms with Crippen molar-refractivity contribution in [2.45, 2.75) is 45.4 Å². The van der Waals surface area contributed by atoms with Crippen molar-refractivity contribution in [2.75, 3.05) is 6.61 Å². The number of allylic oxidation sites excluding steroid dienone is 3. The molecule has 0 aliphatic rings.